The van der Waals surface area contributed by atoms with E-state index in [-0.39, 0.29) is 5.97 Å². The van der Waals surface area contributed by atoms with Crippen molar-refractivity contribution in [3.8, 4) is 0 Å². The zero-order chi connectivity index (χ0) is 9.94. The first kappa shape index (κ1) is 11.9. The van der Waals surface area contributed by atoms with Gasteiger partial charge in [0.05, 0.1) is 13.2 Å². The predicted molar refractivity (Wildman–Crippen MR) is 47.1 cm³/mol. The van der Waals surface area contributed by atoms with E-state index < -0.39 is 0 Å². The fraction of sp³-hybridized carbons (Fsp3) is 0.778. The smallest absolute Gasteiger partial charge is 0.305 e. The molecule has 4 heteroatoms. The standard InChI is InChI=1S/C9H16O4/c1-2-13-9(11)6-4-3-5-7-12-8-10/h8H,2-7H2,1H3. The average molecular weight is 188 g/mol. The molecule has 0 bridgehead atoms. The third kappa shape index (κ3) is 8.85. The van der Waals surface area contributed by atoms with E-state index in [4.69, 9.17) is 4.74 Å². The highest BCUT2D eigenvalue weighted by Gasteiger charge is 2.00. The molecule has 0 heterocycles. The van der Waals surface area contributed by atoms with Crippen LogP contribution in [0.1, 0.15) is 32.6 Å². The molecule has 0 saturated heterocycles. The second kappa shape index (κ2) is 9.03. The molecule has 0 saturated carbocycles. The maximum Gasteiger partial charge on any atom is 0.305 e. The topological polar surface area (TPSA) is 52.6 Å². The zero-order valence-electron chi connectivity index (χ0n) is 7.95. The Bertz CT molecular complexity index is 145. The van der Waals surface area contributed by atoms with E-state index in [2.05, 4.69) is 4.74 Å². The van der Waals surface area contributed by atoms with Gasteiger partial charge in [-0.25, -0.2) is 0 Å². The van der Waals surface area contributed by atoms with E-state index in [0.29, 0.717) is 26.1 Å². The number of rotatable bonds is 8. The Morgan fingerprint density at radius 3 is 2.69 bits per heavy atom. The van der Waals surface area contributed by atoms with Crippen LogP contribution in [0.2, 0.25) is 0 Å². The lowest BCUT2D eigenvalue weighted by atomic mass is 10.2. The van der Waals surface area contributed by atoms with Crippen LogP contribution in [-0.4, -0.2) is 25.7 Å². The number of hydrogen-bond acceptors (Lipinski definition) is 4. The summed E-state index contributed by atoms with van der Waals surface area (Å²) in [6, 6.07) is 0. The number of unbranched alkanes of at least 4 members (excludes halogenated alkanes) is 2. The minimum Gasteiger partial charge on any atom is -0.468 e. The van der Waals surface area contributed by atoms with Crippen molar-refractivity contribution in [1.29, 1.82) is 0 Å². The molecular formula is C9H16O4. The van der Waals surface area contributed by atoms with E-state index in [0.717, 1.165) is 19.3 Å². The number of carbonyl (C=O) groups is 2. The minimum atomic E-state index is -0.154. The second-order valence-electron chi connectivity index (χ2n) is 2.58. The Morgan fingerprint density at radius 2 is 2.08 bits per heavy atom. The summed E-state index contributed by atoms with van der Waals surface area (Å²) in [6.45, 7) is 3.10. The van der Waals surface area contributed by atoms with Gasteiger partial charge in [0.1, 0.15) is 0 Å². The van der Waals surface area contributed by atoms with Crippen LogP contribution in [0.4, 0.5) is 0 Å². The van der Waals surface area contributed by atoms with Gasteiger partial charge >= 0.3 is 5.97 Å². The molecule has 0 aromatic carbocycles. The van der Waals surface area contributed by atoms with Gasteiger partial charge in [0.15, 0.2) is 0 Å². The summed E-state index contributed by atoms with van der Waals surface area (Å²) in [4.78, 5) is 20.6. The molecule has 0 fully saturated rings. The van der Waals surface area contributed by atoms with Crippen LogP contribution in [0.25, 0.3) is 0 Å². The van der Waals surface area contributed by atoms with Crippen molar-refractivity contribution in [2.24, 2.45) is 0 Å². The highest BCUT2D eigenvalue weighted by Crippen LogP contribution is 2.01. The van der Waals surface area contributed by atoms with Gasteiger partial charge in [-0.15, -0.1) is 0 Å². The van der Waals surface area contributed by atoms with Gasteiger partial charge in [-0.05, 0) is 26.2 Å². The number of hydrogen-bond donors (Lipinski definition) is 0. The summed E-state index contributed by atoms with van der Waals surface area (Å²) in [5.41, 5.74) is 0. The van der Waals surface area contributed by atoms with Crippen molar-refractivity contribution in [2.45, 2.75) is 32.6 Å². The summed E-state index contributed by atoms with van der Waals surface area (Å²) in [6.07, 6.45) is 2.93. The van der Waals surface area contributed by atoms with Crippen LogP contribution in [-0.2, 0) is 19.1 Å². The van der Waals surface area contributed by atoms with Gasteiger partial charge in [-0.2, -0.15) is 0 Å². The van der Waals surface area contributed by atoms with Crippen molar-refractivity contribution < 1.29 is 19.1 Å². The van der Waals surface area contributed by atoms with Gasteiger partial charge in [-0.3, -0.25) is 9.59 Å². The average Bonchev–Trinajstić information content (AvgIpc) is 2.11. The number of carbonyl (C=O) groups excluding carboxylic acids is 2. The quantitative estimate of drug-likeness (QED) is 0.327. The van der Waals surface area contributed by atoms with Crippen LogP contribution < -0.4 is 0 Å². The molecule has 0 spiro atoms. The van der Waals surface area contributed by atoms with Gasteiger partial charge in [0.25, 0.3) is 6.47 Å². The minimum absolute atomic E-state index is 0.154. The summed E-state index contributed by atoms with van der Waals surface area (Å²) < 4.78 is 9.23. The first-order valence-corrected chi connectivity index (χ1v) is 4.52. The summed E-state index contributed by atoms with van der Waals surface area (Å²) in [5.74, 6) is -0.154. The van der Waals surface area contributed by atoms with Crippen LogP contribution >= 0.6 is 0 Å². The third-order valence-corrected chi connectivity index (χ3v) is 1.52. The summed E-state index contributed by atoms with van der Waals surface area (Å²) >= 11 is 0. The molecule has 13 heavy (non-hydrogen) atoms. The molecule has 76 valence electrons. The molecule has 0 atom stereocenters. The molecule has 0 aromatic heterocycles. The van der Waals surface area contributed by atoms with Gasteiger partial charge in [0, 0.05) is 6.42 Å². The lowest BCUT2D eigenvalue weighted by Crippen LogP contribution is -2.03. The molecule has 0 aliphatic heterocycles. The van der Waals surface area contributed by atoms with Crippen molar-refractivity contribution in [3.05, 3.63) is 0 Å². The molecule has 0 rings (SSSR count). The lowest BCUT2D eigenvalue weighted by Gasteiger charge is -2.01. The molecule has 0 aliphatic rings. The van der Waals surface area contributed by atoms with E-state index in [1.54, 1.807) is 6.92 Å². The maximum absolute atomic E-state index is 10.8. The highest BCUT2D eigenvalue weighted by molar-refractivity contribution is 5.69. The van der Waals surface area contributed by atoms with Crippen molar-refractivity contribution in [2.75, 3.05) is 13.2 Å². The van der Waals surface area contributed by atoms with Gasteiger partial charge in [0.2, 0.25) is 0 Å². The van der Waals surface area contributed by atoms with E-state index >= 15 is 0 Å². The molecule has 0 aliphatic carbocycles. The van der Waals surface area contributed by atoms with Crippen LogP contribution in [0.5, 0.6) is 0 Å². The van der Waals surface area contributed by atoms with Crippen LogP contribution in [0.15, 0.2) is 0 Å². The Hall–Kier alpha value is -1.06. The molecule has 0 amide bonds. The van der Waals surface area contributed by atoms with E-state index in [9.17, 15) is 9.59 Å². The van der Waals surface area contributed by atoms with Crippen molar-refractivity contribution >= 4 is 12.4 Å². The Kier molecular flexibility index (Phi) is 8.30. The summed E-state index contributed by atoms with van der Waals surface area (Å²) in [5, 5.41) is 0. The SMILES string of the molecule is CCOC(=O)CCCCCOC=O. The van der Waals surface area contributed by atoms with Crippen molar-refractivity contribution in [3.63, 3.8) is 0 Å². The Labute approximate surface area is 78.2 Å². The third-order valence-electron chi connectivity index (χ3n) is 1.52. The predicted octanol–water partition coefficient (Wildman–Crippen LogP) is 1.28. The monoisotopic (exact) mass is 188 g/mol. The molecule has 0 unspecified atom stereocenters. The molecule has 0 aromatic rings. The second-order valence-corrected chi connectivity index (χ2v) is 2.58. The first-order valence-electron chi connectivity index (χ1n) is 4.52. The zero-order valence-corrected chi connectivity index (χ0v) is 7.95. The van der Waals surface area contributed by atoms with Crippen LogP contribution in [0, 0.1) is 0 Å². The molecular weight excluding hydrogens is 172 g/mol. The van der Waals surface area contributed by atoms with Crippen molar-refractivity contribution in [1.82, 2.24) is 0 Å². The molecule has 0 N–H and O–H groups in total. The fourth-order valence-corrected chi connectivity index (χ4v) is 0.913. The van der Waals surface area contributed by atoms with Gasteiger partial charge in [-0.1, -0.05) is 0 Å². The molecule has 4 nitrogen and oxygen atoms in total. The van der Waals surface area contributed by atoms with Crippen LogP contribution in [0.3, 0.4) is 0 Å². The fourth-order valence-electron chi connectivity index (χ4n) is 0.913. The number of ether oxygens (including phenoxy) is 2. The maximum atomic E-state index is 10.8. The van der Waals surface area contributed by atoms with E-state index in [1.165, 1.54) is 0 Å². The lowest BCUT2D eigenvalue weighted by molar-refractivity contribution is -0.143. The Balaban J connectivity index is 3.06. The largest absolute Gasteiger partial charge is 0.468 e. The number of esters is 1. The Morgan fingerprint density at radius 1 is 1.31 bits per heavy atom. The van der Waals surface area contributed by atoms with E-state index in [1.807, 2.05) is 0 Å². The summed E-state index contributed by atoms with van der Waals surface area (Å²) in [7, 11) is 0. The highest BCUT2D eigenvalue weighted by atomic mass is 16.5. The first-order chi connectivity index (χ1) is 6.31. The normalized spacial score (nSPS) is 9.31. The molecule has 0 radical (unpaired) electrons. The van der Waals surface area contributed by atoms with Gasteiger partial charge < -0.3 is 9.47 Å².